The van der Waals surface area contributed by atoms with Crippen molar-refractivity contribution in [3.8, 4) is 0 Å². The fraction of sp³-hybridized carbons (Fsp3) is 0.269. The summed E-state index contributed by atoms with van der Waals surface area (Å²) in [4.78, 5) is 25.4. The summed E-state index contributed by atoms with van der Waals surface area (Å²) in [7, 11) is 0. The van der Waals surface area contributed by atoms with Crippen molar-refractivity contribution in [2.45, 2.75) is 32.2 Å². The summed E-state index contributed by atoms with van der Waals surface area (Å²) < 4.78 is 5.61. The zero-order valence-corrected chi connectivity index (χ0v) is 19.5. The number of carbonyl (C=O) groups is 2. The van der Waals surface area contributed by atoms with E-state index in [1.807, 2.05) is 55.5 Å². The molecule has 1 aromatic heterocycles. The average Bonchev–Trinajstić information content (AvgIpc) is 3.36. The Balaban J connectivity index is 1.32. The van der Waals surface area contributed by atoms with Crippen LogP contribution in [0, 0.1) is 12.8 Å². The molecule has 2 aromatic carbocycles. The zero-order chi connectivity index (χ0) is 23.7. The van der Waals surface area contributed by atoms with E-state index < -0.39 is 0 Å². The van der Waals surface area contributed by atoms with E-state index in [4.69, 9.17) is 16.0 Å². The Hall–Kier alpha value is -3.58. The summed E-state index contributed by atoms with van der Waals surface area (Å²) in [6.45, 7) is 2.01. The third-order valence-corrected chi connectivity index (χ3v) is 6.35. The number of furan rings is 1. The van der Waals surface area contributed by atoms with Crippen molar-refractivity contribution in [1.29, 1.82) is 0 Å². The van der Waals surface area contributed by atoms with Gasteiger partial charge in [-0.1, -0.05) is 29.8 Å². The normalized spacial score (nSPS) is 17.4. The molecule has 2 amide bonds. The number of rotatable bonds is 7. The number of hydrazone groups is 1. The molecule has 1 saturated carbocycles. The smallest absolute Gasteiger partial charge is 0.262 e. The predicted octanol–water partition coefficient (Wildman–Crippen LogP) is 5.38. The summed E-state index contributed by atoms with van der Waals surface area (Å²) in [6, 6.07) is 16.4. The maximum absolute atomic E-state index is 13.3. The number of hydrogen-bond donors (Lipinski definition) is 2. The molecule has 5 rings (SSSR count). The van der Waals surface area contributed by atoms with E-state index in [-0.39, 0.29) is 30.3 Å². The molecule has 8 heteroatoms. The molecule has 2 aliphatic rings. The van der Waals surface area contributed by atoms with Crippen LogP contribution in [0.3, 0.4) is 0 Å². The minimum Gasteiger partial charge on any atom is -0.467 e. The Labute approximate surface area is 202 Å². The number of aryl methyl sites for hydroxylation is 1. The van der Waals surface area contributed by atoms with Gasteiger partial charge in [0, 0.05) is 28.7 Å². The molecule has 34 heavy (non-hydrogen) atoms. The highest BCUT2D eigenvalue weighted by Crippen LogP contribution is 2.34. The Bertz CT molecular complexity index is 1230. The fourth-order valence-electron chi connectivity index (χ4n) is 3.99. The van der Waals surface area contributed by atoms with E-state index in [2.05, 4.69) is 15.7 Å². The summed E-state index contributed by atoms with van der Waals surface area (Å²) in [6.07, 6.45) is 4.04. The van der Waals surface area contributed by atoms with Gasteiger partial charge in [-0.25, -0.2) is 5.01 Å². The van der Waals surface area contributed by atoms with Gasteiger partial charge in [-0.15, -0.1) is 0 Å². The number of carbonyl (C=O) groups excluding carboxylic acids is 2. The first-order valence-electron chi connectivity index (χ1n) is 11.3. The fourth-order valence-corrected chi connectivity index (χ4v) is 4.12. The molecule has 3 aromatic rings. The van der Waals surface area contributed by atoms with Crippen LogP contribution in [0.5, 0.6) is 0 Å². The van der Waals surface area contributed by atoms with Crippen LogP contribution >= 0.6 is 11.6 Å². The maximum atomic E-state index is 13.3. The maximum Gasteiger partial charge on any atom is 0.262 e. The van der Waals surface area contributed by atoms with Crippen molar-refractivity contribution in [2.75, 3.05) is 17.2 Å². The molecule has 0 bridgehead atoms. The van der Waals surface area contributed by atoms with E-state index in [1.165, 1.54) is 5.01 Å². The van der Waals surface area contributed by atoms with Gasteiger partial charge in [0.05, 0.1) is 18.5 Å². The second-order valence-corrected chi connectivity index (χ2v) is 9.11. The molecule has 2 heterocycles. The van der Waals surface area contributed by atoms with Crippen LogP contribution < -0.4 is 10.6 Å². The van der Waals surface area contributed by atoms with E-state index in [0.717, 1.165) is 41.1 Å². The lowest BCUT2D eigenvalue weighted by atomic mass is 10.0. The Morgan fingerprint density at radius 3 is 2.65 bits per heavy atom. The highest BCUT2D eigenvalue weighted by atomic mass is 35.5. The van der Waals surface area contributed by atoms with Crippen molar-refractivity contribution in [1.82, 2.24) is 5.01 Å². The quantitative estimate of drug-likeness (QED) is 0.479. The van der Waals surface area contributed by atoms with E-state index >= 15 is 0 Å². The molecule has 1 unspecified atom stereocenters. The topological polar surface area (TPSA) is 86.9 Å². The van der Waals surface area contributed by atoms with Crippen LogP contribution in [0.4, 0.5) is 11.4 Å². The number of halogens is 1. The zero-order valence-electron chi connectivity index (χ0n) is 18.8. The highest BCUT2D eigenvalue weighted by Gasteiger charge is 2.34. The van der Waals surface area contributed by atoms with Gasteiger partial charge < -0.3 is 15.1 Å². The Morgan fingerprint density at radius 2 is 1.94 bits per heavy atom. The summed E-state index contributed by atoms with van der Waals surface area (Å²) in [5.74, 6) is 0.674. The molecule has 0 radical (unpaired) electrons. The third kappa shape index (κ3) is 4.84. The Morgan fingerprint density at radius 1 is 1.15 bits per heavy atom. The van der Waals surface area contributed by atoms with Gasteiger partial charge in [-0.3, -0.25) is 9.59 Å². The monoisotopic (exact) mass is 476 g/mol. The van der Waals surface area contributed by atoms with Crippen LogP contribution in [0.25, 0.3) is 0 Å². The molecule has 0 spiro atoms. The van der Waals surface area contributed by atoms with E-state index in [9.17, 15) is 9.59 Å². The van der Waals surface area contributed by atoms with Crippen molar-refractivity contribution in [2.24, 2.45) is 11.0 Å². The van der Waals surface area contributed by atoms with Crippen molar-refractivity contribution in [3.05, 3.63) is 82.8 Å². The molecular weight excluding hydrogens is 452 g/mol. The second-order valence-electron chi connectivity index (χ2n) is 8.67. The average molecular weight is 477 g/mol. The molecule has 7 nitrogen and oxygen atoms in total. The number of amides is 2. The molecule has 0 saturated heterocycles. The van der Waals surface area contributed by atoms with Gasteiger partial charge in [0.1, 0.15) is 11.8 Å². The van der Waals surface area contributed by atoms with E-state index in [0.29, 0.717) is 17.2 Å². The number of hydrogen-bond acceptors (Lipinski definition) is 5. The SMILES string of the molecule is Cc1ccc(NC(=O)C2CC2)cc1NCC(=O)N1N=C(c2ccc(Cl)cc2)CC1c1ccco1. The summed E-state index contributed by atoms with van der Waals surface area (Å²) >= 11 is 6.03. The minimum atomic E-state index is -0.319. The van der Waals surface area contributed by atoms with Crippen molar-refractivity contribution < 1.29 is 14.0 Å². The number of nitrogens with one attached hydrogen (secondary N) is 2. The molecule has 1 aliphatic heterocycles. The van der Waals surface area contributed by atoms with Crippen LogP contribution in [-0.2, 0) is 9.59 Å². The lowest BCUT2D eigenvalue weighted by Gasteiger charge is -2.21. The third-order valence-electron chi connectivity index (χ3n) is 6.10. The molecular formula is C26H25ClN4O3. The first-order chi connectivity index (χ1) is 16.5. The first kappa shape index (κ1) is 22.2. The standard InChI is InChI=1S/C26H25ClN4O3/c1-16-4-11-20(29-26(33)18-5-6-18)13-21(16)28-15-25(32)31-23(24-3-2-12-34-24)14-22(30-31)17-7-9-19(27)10-8-17/h2-4,7-13,18,23,28H,5-6,14-15H2,1H3,(H,29,33). The van der Waals surface area contributed by atoms with Gasteiger partial charge >= 0.3 is 0 Å². The molecule has 1 atom stereocenters. The summed E-state index contributed by atoms with van der Waals surface area (Å²) in [5, 5.41) is 12.9. The van der Waals surface area contributed by atoms with Gasteiger partial charge in [-0.2, -0.15) is 5.10 Å². The van der Waals surface area contributed by atoms with Gasteiger partial charge in [0.15, 0.2) is 0 Å². The molecule has 1 fully saturated rings. The molecule has 1 aliphatic carbocycles. The largest absolute Gasteiger partial charge is 0.467 e. The lowest BCUT2D eigenvalue weighted by Crippen LogP contribution is -2.32. The van der Waals surface area contributed by atoms with E-state index in [1.54, 1.807) is 12.3 Å². The van der Waals surface area contributed by atoms with Crippen LogP contribution in [0.15, 0.2) is 70.4 Å². The number of anilines is 2. The van der Waals surface area contributed by atoms with Crippen molar-refractivity contribution >= 4 is 40.5 Å². The molecule has 174 valence electrons. The number of nitrogens with zero attached hydrogens (tertiary/aromatic N) is 2. The van der Waals surface area contributed by atoms with Crippen LogP contribution in [-0.4, -0.2) is 29.1 Å². The van der Waals surface area contributed by atoms with Gasteiger partial charge in [0.25, 0.3) is 5.91 Å². The van der Waals surface area contributed by atoms with Crippen LogP contribution in [0.1, 0.15) is 42.2 Å². The van der Waals surface area contributed by atoms with Gasteiger partial charge in [-0.05, 0) is 67.3 Å². The molecule has 2 N–H and O–H groups in total. The van der Waals surface area contributed by atoms with Crippen molar-refractivity contribution in [3.63, 3.8) is 0 Å². The predicted molar refractivity (Wildman–Crippen MR) is 132 cm³/mol. The Kier molecular flexibility index (Phi) is 6.11. The highest BCUT2D eigenvalue weighted by molar-refractivity contribution is 6.30. The minimum absolute atomic E-state index is 0.0494. The number of benzene rings is 2. The summed E-state index contributed by atoms with van der Waals surface area (Å²) in [5.41, 5.74) is 4.20. The van der Waals surface area contributed by atoms with Crippen LogP contribution in [0.2, 0.25) is 5.02 Å². The van der Waals surface area contributed by atoms with Gasteiger partial charge in [0.2, 0.25) is 5.91 Å². The second kappa shape index (κ2) is 9.35. The first-order valence-corrected chi connectivity index (χ1v) is 11.7. The lowest BCUT2D eigenvalue weighted by molar-refractivity contribution is -0.131.